The Morgan fingerprint density at radius 2 is 1.62 bits per heavy atom. The fourth-order valence-electron chi connectivity index (χ4n) is 3.78. The minimum absolute atomic E-state index is 0.349. The fourth-order valence-corrected chi connectivity index (χ4v) is 4.63. The van der Waals surface area contributed by atoms with Gasteiger partial charge in [-0.1, -0.05) is 78.5 Å². The van der Waals surface area contributed by atoms with Crippen molar-refractivity contribution in [3.05, 3.63) is 96.1 Å². The van der Waals surface area contributed by atoms with Gasteiger partial charge in [-0.15, -0.1) is 10.2 Å². The molecule has 8 heteroatoms. The standard InChI is InChI=1S/C26H19F3N4S/c1-33-24(31-32-25(33)34-16-17-8-7-11-19(14-17)26(27,28)29)21-15-23(18-9-3-2-4-10-18)30-22-13-6-5-12-20(21)22/h2-15H,16H2,1H3. The first-order chi connectivity index (χ1) is 16.4. The molecular weight excluding hydrogens is 457 g/mol. The van der Waals surface area contributed by atoms with E-state index in [0.29, 0.717) is 22.3 Å². The molecule has 0 radical (unpaired) electrons. The summed E-state index contributed by atoms with van der Waals surface area (Å²) in [6, 6.07) is 25.1. The van der Waals surface area contributed by atoms with E-state index in [4.69, 9.17) is 4.98 Å². The van der Waals surface area contributed by atoms with Crippen LogP contribution in [-0.2, 0) is 19.0 Å². The molecule has 0 saturated carbocycles. The van der Waals surface area contributed by atoms with E-state index in [0.717, 1.165) is 33.8 Å². The molecule has 3 aromatic carbocycles. The molecule has 4 nitrogen and oxygen atoms in total. The zero-order valence-corrected chi connectivity index (χ0v) is 18.9. The van der Waals surface area contributed by atoms with Crippen LogP contribution in [0.5, 0.6) is 0 Å². The smallest absolute Gasteiger partial charge is 0.305 e. The second-order valence-corrected chi connectivity index (χ2v) is 8.73. The molecule has 0 aliphatic carbocycles. The number of para-hydroxylation sites is 1. The van der Waals surface area contributed by atoms with Crippen LogP contribution in [0, 0.1) is 0 Å². The Hall–Kier alpha value is -3.65. The molecule has 0 bridgehead atoms. The predicted octanol–water partition coefficient (Wildman–Crippen LogP) is 7.01. The van der Waals surface area contributed by atoms with Gasteiger partial charge in [0.1, 0.15) is 0 Å². The molecule has 2 aromatic heterocycles. The number of rotatable bonds is 5. The molecule has 0 atom stereocenters. The first-order valence-corrected chi connectivity index (χ1v) is 11.5. The number of nitrogens with zero attached hydrogens (tertiary/aromatic N) is 4. The Labute approximate surface area is 198 Å². The van der Waals surface area contributed by atoms with Gasteiger partial charge >= 0.3 is 6.18 Å². The van der Waals surface area contributed by atoms with Crippen LogP contribution in [0.25, 0.3) is 33.5 Å². The van der Waals surface area contributed by atoms with Crippen LogP contribution in [0.2, 0.25) is 0 Å². The Morgan fingerprint density at radius 1 is 0.853 bits per heavy atom. The molecule has 34 heavy (non-hydrogen) atoms. The number of halogens is 3. The van der Waals surface area contributed by atoms with Crippen LogP contribution < -0.4 is 0 Å². The van der Waals surface area contributed by atoms with Crippen molar-refractivity contribution in [2.24, 2.45) is 7.05 Å². The topological polar surface area (TPSA) is 43.6 Å². The summed E-state index contributed by atoms with van der Waals surface area (Å²) in [4.78, 5) is 4.82. The van der Waals surface area contributed by atoms with Crippen LogP contribution in [0.3, 0.4) is 0 Å². The van der Waals surface area contributed by atoms with Gasteiger partial charge in [-0.05, 0) is 23.8 Å². The second kappa shape index (κ2) is 8.95. The first-order valence-electron chi connectivity index (χ1n) is 10.5. The lowest BCUT2D eigenvalue weighted by Gasteiger charge is -2.10. The quantitative estimate of drug-likeness (QED) is 0.256. The maximum absolute atomic E-state index is 13.0. The molecule has 5 aromatic rings. The number of aromatic nitrogens is 4. The van der Waals surface area contributed by atoms with Crippen LogP contribution in [0.1, 0.15) is 11.1 Å². The third kappa shape index (κ3) is 4.41. The van der Waals surface area contributed by atoms with Gasteiger partial charge in [-0.3, -0.25) is 0 Å². The molecular formula is C26H19F3N4S. The fraction of sp³-hybridized carbons (Fsp3) is 0.115. The van der Waals surface area contributed by atoms with Gasteiger partial charge < -0.3 is 4.57 Å². The highest BCUT2D eigenvalue weighted by Gasteiger charge is 2.30. The number of fused-ring (bicyclic) bond motifs is 1. The van der Waals surface area contributed by atoms with Crippen LogP contribution >= 0.6 is 11.8 Å². The molecule has 0 aliphatic heterocycles. The van der Waals surface area contributed by atoms with Crippen molar-refractivity contribution >= 4 is 22.7 Å². The van der Waals surface area contributed by atoms with E-state index in [2.05, 4.69) is 10.2 Å². The number of pyridine rings is 1. The number of alkyl halides is 3. The van der Waals surface area contributed by atoms with Gasteiger partial charge in [0, 0.05) is 29.3 Å². The summed E-state index contributed by atoms with van der Waals surface area (Å²) < 4.78 is 41.0. The lowest BCUT2D eigenvalue weighted by molar-refractivity contribution is -0.137. The van der Waals surface area contributed by atoms with Crippen molar-refractivity contribution in [1.82, 2.24) is 19.7 Å². The Balaban J connectivity index is 1.49. The largest absolute Gasteiger partial charge is 0.416 e. The highest BCUT2D eigenvalue weighted by Crippen LogP contribution is 2.34. The van der Waals surface area contributed by atoms with Crippen molar-refractivity contribution in [1.29, 1.82) is 0 Å². The molecule has 5 rings (SSSR count). The van der Waals surface area contributed by atoms with Crippen LogP contribution in [0.15, 0.2) is 90.1 Å². The number of hydrogen-bond acceptors (Lipinski definition) is 4. The zero-order chi connectivity index (χ0) is 23.7. The van der Waals surface area contributed by atoms with Gasteiger partial charge in [-0.2, -0.15) is 13.2 Å². The van der Waals surface area contributed by atoms with E-state index in [1.54, 1.807) is 6.07 Å². The van der Waals surface area contributed by atoms with Gasteiger partial charge in [-0.25, -0.2) is 4.98 Å². The van der Waals surface area contributed by atoms with E-state index in [-0.39, 0.29) is 0 Å². The monoisotopic (exact) mass is 476 g/mol. The summed E-state index contributed by atoms with van der Waals surface area (Å²) in [5, 5.41) is 10.3. The van der Waals surface area contributed by atoms with Crippen molar-refractivity contribution in [2.45, 2.75) is 17.1 Å². The molecule has 0 saturated heterocycles. The summed E-state index contributed by atoms with van der Waals surface area (Å²) in [6.07, 6.45) is -4.36. The van der Waals surface area contributed by atoms with Crippen LogP contribution in [-0.4, -0.2) is 19.7 Å². The second-order valence-electron chi connectivity index (χ2n) is 7.79. The average Bonchev–Trinajstić information content (AvgIpc) is 3.22. The van der Waals surface area contributed by atoms with Gasteiger partial charge in [0.25, 0.3) is 0 Å². The summed E-state index contributed by atoms with van der Waals surface area (Å²) >= 11 is 1.35. The summed E-state index contributed by atoms with van der Waals surface area (Å²) in [5.41, 5.74) is 3.49. The minimum Gasteiger partial charge on any atom is -0.305 e. The number of hydrogen-bond donors (Lipinski definition) is 0. The third-order valence-corrected chi connectivity index (χ3v) is 6.58. The molecule has 2 heterocycles. The zero-order valence-electron chi connectivity index (χ0n) is 18.1. The lowest BCUT2D eigenvalue weighted by Crippen LogP contribution is -2.05. The van der Waals surface area contributed by atoms with Gasteiger partial charge in [0.05, 0.1) is 16.8 Å². The summed E-state index contributed by atoms with van der Waals surface area (Å²) in [7, 11) is 1.86. The van der Waals surface area contributed by atoms with Crippen molar-refractivity contribution < 1.29 is 13.2 Å². The Morgan fingerprint density at radius 3 is 2.41 bits per heavy atom. The highest BCUT2D eigenvalue weighted by molar-refractivity contribution is 7.98. The molecule has 0 amide bonds. The van der Waals surface area contributed by atoms with E-state index in [1.165, 1.54) is 23.9 Å². The molecule has 0 N–H and O–H groups in total. The number of benzene rings is 3. The first kappa shape index (κ1) is 22.2. The predicted molar refractivity (Wildman–Crippen MR) is 128 cm³/mol. The number of thioether (sulfide) groups is 1. The Kier molecular flexibility index (Phi) is 5.83. The molecule has 0 fully saturated rings. The average molecular weight is 477 g/mol. The van der Waals surface area contributed by atoms with E-state index in [1.807, 2.05) is 72.3 Å². The van der Waals surface area contributed by atoms with Crippen molar-refractivity contribution in [2.75, 3.05) is 0 Å². The highest BCUT2D eigenvalue weighted by atomic mass is 32.2. The Bertz CT molecular complexity index is 1460. The summed E-state index contributed by atoms with van der Waals surface area (Å²) in [5.74, 6) is 1.02. The van der Waals surface area contributed by atoms with E-state index < -0.39 is 11.7 Å². The van der Waals surface area contributed by atoms with E-state index in [9.17, 15) is 13.2 Å². The molecule has 0 spiro atoms. The molecule has 170 valence electrons. The SMILES string of the molecule is Cn1c(SCc2cccc(C(F)(F)F)c2)nnc1-c1cc(-c2ccccc2)nc2ccccc12. The van der Waals surface area contributed by atoms with Crippen molar-refractivity contribution in [3.63, 3.8) is 0 Å². The third-order valence-electron chi connectivity index (χ3n) is 5.48. The maximum atomic E-state index is 13.0. The van der Waals surface area contributed by atoms with E-state index >= 15 is 0 Å². The van der Waals surface area contributed by atoms with Gasteiger partial charge in [0.2, 0.25) is 0 Å². The van der Waals surface area contributed by atoms with Gasteiger partial charge in [0.15, 0.2) is 11.0 Å². The molecule has 0 unspecified atom stereocenters. The van der Waals surface area contributed by atoms with Crippen molar-refractivity contribution in [3.8, 4) is 22.6 Å². The van der Waals surface area contributed by atoms with Crippen LogP contribution in [0.4, 0.5) is 13.2 Å². The molecule has 0 aliphatic rings. The minimum atomic E-state index is -4.36. The lowest BCUT2D eigenvalue weighted by atomic mass is 10.0. The normalized spacial score (nSPS) is 11.8. The summed E-state index contributed by atoms with van der Waals surface area (Å²) in [6.45, 7) is 0. The maximum Gasteiger partial charge on any atom is 0.416 e.